The van der Waals surface area contributed by atoms with Crippen LogP contribution in [0.5, 0.6) is 0 Å². The highest BCUT2D eigenvalue weighted by Gasteiger charge is 2.11. The molecule has 0 fully saturated rings. The Labute approximate surface area is 93.1 Å². The maximum Gasteiger partial charge on any atom is 0.0736 e. The van der Waals surface area contributed by atoms with Gasteiger partial charge in [0.2, 0.25) is 0 Å². The van der Waals surface area contributed by atoms with E-state index in [1.54, 1.807) is 0 Å². The van der Waals surface area contributed by atoms with Crippen LogP contribution in [-0.4, -0.2) is 25.0 Å². The predicted octanol–water partition coefficient (Wildman–Crippen LogP) is 2.62. The third kappa shape index (κ3) is 3.77. The first kappa shape index (κ1) is 11.8. The van der Waals surface area contributed by atoms with Crippen molar-refractivity contribution in [3.05, 3.63) is 35.9 Å². The fourth-order valence-electron chi connectivity index (χ4n) is 1.57. The van der Waals surface area contributed by atoms with Crippen LogP contribution in [0.25, 0.3) is 0 Å². The largest absolute Gasteiger partial charge is 0.296 e. The van der Waals surface area contributed by atoms with Crippen molar-refractivity contribution in [2.45, 2.75) is 19.9 Å². The molecule has 15 heavy (non-hydrogen) atoms. The Balaban J connectivity index is 2.79. The third-order valence-corrected chi connectivity index (χ3v) is 2.33. The maximum absolute atomic E-state index is 3.31. The van der Waals surface area contributed by atoms with Gasteiger partial charge in [-0.3, -0.25) is 4.90 Å². The SMILES string of the molecule is CC(C)C(C#Cc1ccccc1)N(C)C. The molecule has 0 radical (unpaired) electrons. The number of hydrogen-bond donors (Lipinski definition) is 0. The van der Waals surface area contributed by atoms with Crippen molar-refractivity contribution >= 4 is 0 Å². The summed E-state index contributed by atoms with van der Waals surface area (Å²) in [7, 11) is 4.15. The molecule has 1 rings (SSSR count). The maximum atomic E-state index is 3.31. The van der Waals surface area contributed by atoms with Gasteiger partial charge in [0.25, 0.3) is 0 Å². The molecule has 1 unspecified atom stereocenters. The van der Waals surface area contributed by atoms with Crippen LogP contribution in [0.15, 0.2) is 30.3 Å². The zero-order chi connectivity index (χ0) is 11.3. The van der Waals surface area contributed by atoms with Gasteiger partial charge in [0, 0.05) is 5.56 Å². The van der Waals surface area contributed by atoms with Gasteiger partial charge in [-0.1, -0.05) is 43.9 Å². The molecule has 1 atom stereocenters. The second-order valence-corrected chi connectivity index (χ2v) is 4.29. The van der Waals surface area contributed by atoms with Gasteiger partial charge < -0.3 is 0 Å². The van der Waals surface area contributed by atoms with Gasteiger partial charge in [0.1, 0.15) is 0 Å². The molecule has 1 nitrogen and oxygen atoms in total. The molecule has 0 N–H and O–H groups in total. The predicted molar refractivity (Wildman–Crippen MR) is 65.6 cm³/mol. The minimum absolute atomic E-state index is 0.324. The van der Waals surface area contributed by atoms with Crippen molar-refractivity contribution in [3.8, 4) is 11.8 Å². The molecule has 0 bridgehead atoms. The van der Waals surface area contributed by atoms with Crippen LogP contribution in [0.1, 0.15) is 19.4 Å². The molecule has 0 aliphatic carbocycles. The summed E-state index contributed by atoms with van der Waals surface area (Å²) in [4.78, 5) is 2.17. The number of nitrogens with zero attached hydrogens (tertiary/aromatic N) is 1. The molecule has 0 heterocycles. The van der Waals surface area contributed by atoms with Crippen molar-refractivity contribution in [2.75, 3.05) is 14.1 Å². The molecule has 80 valence electrons. The van der Waals surface area contributed by atoms with E-state index in [0.717, 1.165) is 5.56 Å². The normalized spacial score (nSPS) is 12.4. The van der Waals surface area contributed by atoms with E-state index >= 15 is 0 Å². The van der Waals surface area contributed by atoms with Crippen LogP contribution < -0.4 is 0 Å². The summed E-state index contributed by atoms with van der Waals surface area (Å²) in [6, 6.07) is 10.5. The smallest absolute Gasteiger partial charge is 0.0736 e. The third-order valence-electron chi connectivity index (χ3n) is 2.33. The molecule has 1 aromatic rings. The van der Waals surface area contributed by atoms with Crippen molar-refractivity contribution in [2.24, 2.45) is 5.92 Å². The molecule has 0 saturated heterocycles. The van der Waals surface area contributed by atoms with Gasteiger partial charge in [-0.05, 0) is 32.1 Å². The molecule has 1 aromatic carbocycles. The quantitative estimate of drug-likeness (QED) is 0.665. The molecular formula is C14H19N. The van der Waals surface area contributed by atoms with Crippen molar-refractivity contribution in [1.82, 2.24) is 4.90 Å². The van der Waals surface area contributed by atoms with Crippen LogP contribution in [0.3, 0.4) is 0 Å². The summed E-state index contributed by atoms with van der Waals surface area (Å²) >= 11 is 0. The van der Waals surface area contributed by atoms with Crippen LogP contribution >= 0.6 is 0 Å². The van der Waals surface area contributed by atoms with E-state index < -0.39 is 0 Å². The zero-order valence-corrected chi connectivity index (χ0v) is 9.99. The topological polar surface area (TPSA) is 3.24 Å². The second kappa shape index (κ2) is 5.58. The highest BCUT2D eigenvalue weighted by molar-refractivity contribution is 5.34. The van der Waals surface area contributed by atoms with E-state index in [1.165, 1.54) is 0 Å². The second-order valence-electron chi connectivity index (χ2n) is 4.29. The van der Waals surface area contributed by atoms with Crippen molar-refractivity contribution in [3.63, 3.8) is 0 Å². The molecule has 0 aromatic heterocycles. The first-order valence-corrected chi connectivity index (χ1v) is 5.34. The highest BCUT2D eigenvalue weighted by Crippen LogP contribution is 2.06. The van der Waals surface area contributed by atoms with Crippen LogP contribution in [0.4, 0.5) is 0 Å². The number of hydrogen-bond acceptors (Lipinski definition) is 1. The van der Waals surface area contributed by atoms with E-state index in [0.29, 0.717) is 12.0 Å². The van der Waals surface area contributed by atoms with Crippen molar-refractivity contribution in [1.29, 1.82) is 0 Å². The van der Waals surface area contributed by atoms with Gasteiger partial charge in [-0.2, -0.15) is 0 Å². The monoisotopic (exact) mass is 201 g/mol. The molecule has 0 aliphatic heterocycles. The average Bonchev–Trinajstić information content (AvgIpc) is 2.18. The number of benzene rings is 1. The van der Waals surface area contributed by atoms with Crippen LogP contribution in [0.2, 0.25) is 0 Å². The summed E-state index contributed by atoms with van der Waals surface area (Å²) in [6.45, 7) is 4.40. The fourth-order valence-corrected chi connectivity index (χ4v) is 1.57. The minimum Gasteiger partial charge on any atom is -0.296 e. The van der Waals surface area contributed by atoms with Gasteiger partial charge in [0.15, 0.2) is 0 Å². The lowest BCUT2D eigenvalue weighted by Gasteiger charge is -2.22. The molecule has 0 saturated carbocycles. The summed E-state index contributed by atoms with van der Waals surface area (Å²) in [5.41, 5.74) is 1.09. The summed E-state index contributed by atoms with van der Waals surface area (Å²) in [6.07, 6.45) is 0. The van der Waals surface area contributed by atoms with Crippen LogP contribution in [0, 0.1) is 17.8 Å². The lowest BCUT2D eigenvalue weighted by molar-refractivity contribution is 0.289. The summed E-state index contributed by atoms with van der Waals surface area (Å²) in [5, 5.41) is 0. The van der Waals surface area contributed by atoms with E-state index in [4.69, 9.17) is 0 Å². The first-order chi connectivity index (χ1) is 7.11. The highest BCUT2D eigenvalue weighted by atomic mass is 15.1. The molecule has 1 heteroatoms. The minimum atomic E-state index is 0.324. The molecule has 0 amide bonds. The Morgan fingerprint density at radius 1 is 1.07 bits per heavy atom. The lowest BCUT2D eigenvalue weighted by Crippen LogP contribution is -2.31. The Hall–Kier alpha value is -1.26. The first-order valence-electron chi connectivity index (χ1n) is 5.34. The Kier molecular flexibility index (Phi) is 4.39. The van der Waals surface area contributed by atoms with E-state index in [2.05, 4.69) is 44.7 Å². The molecular weight excluding hydrogens is 182 g/mol. The zero-order valence-electron chi connectivity index (χ0n) is 9.99. The Morgan fingerprint density at radius 2 is 1.67 bits per heavy atom. The fraction of sp³-hybridized carbons (Fsp3) is 0.429. The van der Waals surface area contributed by atoms with E-state index in [-0.39, 0.29) is 0 Å². The Bertz CT molecular complexity index is 333. The molecule has 0 spiro atoms. The van der Waals surface area contributed by atoms with Crippen molar-refractivity contribution < 1.29 is 0 Å². The number of rotatable bonds is 2. The standard InChI is InChI=1S/C14H19N/c1-12(2)14(15(3)4)11-10-13-8-6-5-7-9-13/h5-9,12,14H,1-4H3. The molecule has 0 aliphatic rings. The average molecular weight is 201 g/mol. The lowest BCUT2D eigenvalue weighted by atomic mass is 10.0. The van der Waals surface area contributed by atoms with Gasteiger partial charge in [-0.25, -0.2) is 0 Å². The summed E-state index contributed by atoms with van der Waals surface area (Å²) in [5.74, 6) is 7.08. The van der Waals surface area contributed by atoms with Gasteiger partial charge >= 0.3 is 0 Å². The van der Waals surface area contributed by atoms with E-state index in [1.807, 2.05) is 30.3 Å². The van der Waals surface area contributed by atoms with E-state index in [9.17, 15) is 0 Å². The Morgan fingerprint density at radius 3 is 2.13 bits per heavy atom. The summed E-state index contributed by atoms with van der Waals surface area (Å²) < 4.78 is 0. The van der Waals surface area contributed by atoms with Gasteiger partial charge in [-0.15, -0.1) is 0 Å². The van der Waals surface area contributed by atoms with Gasteiger partial charge in [0.05, 0.1) is 6.04 Å². The van der Waals surface area contributed by atoms with Crippen LogP contribution in [-0.2, 0) is 0 Å².